The number of hydrogen-bond donors (Lipinski definition) is 1. The molecule has 6 rings (SSSR count). The van der Waals surface area contributed by atoms with Crippen LogP contribution in [-0.2, 0) is 11.2 Å². The van der Waals surface area contributed by atoms with Crippen molar-refractivity contribution in [1.82, 2.24) is 24.9 Å². The van der Waals surface area contributed by atoms with E-state index in [0.29, 0.717) is 22.8 Å². The summed E-state index contributed by atoms with van der Waals surface area (Å²) >= 11 is 6.22. The lowest BCUT2D eigenvalue weighted by Gasteiger charge is -2.38. The van der Waals surface area contributed by atoms with Crippen molar-refractivity contribution < 1.29 is 14.4 Å². The normalized spacial score (nSPS) is 24.0. The second-order valence-electron chi connectivity index (χ2n) is 11.2. The van der Waals surface area contributed by atoms with Crippen LogP contribution in [0.1, 0.15) is 70.0 Å². The Morgan fingerprint density at radius 1 is 1.03 bits per heavy atom. The maximum atomic E-state index is 13.5. The minimum absolute atomic E-state index is 0.00425. The number of amides is 3. The van der Waals surface area contributed by atoms with Crippen LogP contribution in [-0.4, -0.2) is 76.8 Å². The summed E-state index contributed by atoms with van der Waals surface area (Å²) in [5, 5.41) is 3.54. The molecule has 0 bridgehead atoms. The van der Waals surface area contributed by atoms with Crippen molar-refractivity contribution in [1.29, 1.82) is 0 Å². The molecule has 39 heavy (non-hydrogen) atoms. The standard InChI is InChI=1S/C30H34ClN5O3/c1-33-16-27-30(39)36(18-35(27)17-33)22-12-10-21(11-13-22)34(2)29(38)20-8-7-19-9-14-26(24(19)15-20)32-28(37)23-5-3-4-6-25(23)31/h3-8,15-16,21-22,26H,9-14,17-18H2,1-2H3,(H,32,37). The number of fused-ring (bicyclic) bond motifs is 2. The molecule has 2 aliphatic carbocycles. The topological polar surface area (TPSA) is 76.2 Å². The molecule has 0 radical (unpaired) electrons. The lowest BCUT2D eigenvalue weighted by Crippen LogP contribution is -2.46. The molecule has 2 heterocycles. The van der Waals surface area contributed by atoms with Crippen molar-refractivity contribution in [2.75, 3.05) is 27.4 Å². The first kappa shape index (κ1) is 25.7. The Morgan fingerprint density at radius 3 is 2.54 bits per heavy atom. The smallest absolute Gasteiger partial charge is 0.273 e. The molecule has 8 nitrogen and oxygen atoms in total. The molecule has 0 aromatic heterocycles. The van der Waals surface area contributed by atoms with Gasteiger partial charge in [0.1, 0.15) is 5.70 Å². The van der Waals surface area contributed by atoms with Gasteiger partial charge in [0.05, 0.1) is 30.0 Å². The molecule has 4 aliphatic rings. The van der Waals surface area contributed by atoms with Gasteiger partial charge in [0.2, 0.25) is 0 Å². The van der Waals surface area contributed by atoms with E-state index in [1.165, 1.54) is 0 Å². The predicted octanol–water partition coefficient (Wildman–Crippen LogP) is 3.99. The van der Waals surface area contributed by atoms with Crippen molar-refractivity contribution in [2.24, 2.45) is 0 Å². The first-order chi connectivity index (χ1) is 18.8. The third kappa shape index (κ3) is 4.75. The summed E-state index contributed by atoms with van der Waals surface area (Å²) in [4.78, 5) is 47.4. The van der Waals surface area contributed by atoms with Gasteiger partial charge in [-0.25, -0.2) is 0 Å². The van der Waals surface area contributed by atoms with E-state index < -0.39 is 0 Å². The Bertz CT molecular complexity index is 1350. The maximum absolute atomic E-state index is 13.5. The fourth-order valence-corrected chi connectivity index (χ4v) is 6.78. The van der Waals surface area contributed by atoms with E-state index in [1.54, 1.807) is 24.3 Å². The molecule has 0 spiro atoms. The van der Waals surface area contributed by atoms with Gasteiger partial charge in [-0.1, -0.05) is 29.8 Å². The Balaban J connectivity index is 1.09. The molecule has 1 saturated heterocycles. The van der Waals surface area contributed by atoms with E-state index in [9.17, 15) is 14.4 Å². The number of nitrogens with zero attached hydrogens (tertiary/aromatic N) is 4. The van der Waals surface area contributed by atoms with Crippen LogP contribution in [0.3, 0.4) is 0 Å². The van der Waals surface area contributed by atoms with Gasteiger partial charge >= 0.3 is 0 Å². The molecule has 9 heteroatoms. The largest absolute Gasteiger partial charge is 0.361 e. The average Bonchev–Trinajstić information content (AvgIpc) is 3.61. The third-order valence-corrected chi connectivity index (χ3v) is 9.08. The molecule has 204 valence electrons. The SMILES string of the molecule is CN1C=C2C(=O)N(C3CCC(N(C)C(=O)c4ccc5c(c4)C(NC(=O)c4ccccc4Cl)CC5)CC3)CN2C1. The monoisotopic (exact) mass is 547 g/mol. The van der Waals surface area contributed by atoms with Crippen molar-refractivity contribution >= 4 is 29.3 Å². The number of carbonyl (C=O) groups excluding carboxylic acids is 3. The Morgan fingerprint density at radius 2 is 1.79 bits per heavy atom. The minimum Gasteiger partial charge on any atom is -0.361 e. The molecular weight excluding hydrogens is 514 g/mol. The van der Waals surface area contributed by atoms with Gasteiger partial charge in [0.15, 0.2) is 0 Å². The summed E-state index contributed by atoms with van der Waals surface area (Å²) in [5.41, 5.74) is 4.06. The fraction of sp³-hybridized carbons (Fsp3) is 0.433. The minimum atomic E-state index is -0.204. The number of rotatable bonds is 5. The van der Waals surface area contributed by atoms with Crippen LogP contribution in [0.4, 0.5) is 0 Å². The van der Waals surface area contributed by atoms with E-state index >= 15 is 0 Å². The highest BCUT2D eigenvalue weighted by Crippen LogP contribution is 2.35. The summed E-state index contributed by atoms with van der Waals surface area (Å²) in [6.45, 7) is 1.41. The van der Waals surface area contributed by atoms with E-state index in [4.69, 9.17) is 11.6 Å². The number of aryl methyl sites for hydroxylation is 1. The molecule has 1 N–H and O–H groups in total. The number of benzene rings is 2. The summed E-state index contributed by atoms with van der Waals surface area (Å²) in [5.74, 6) is -0.0822. The molecule has 1 saturated carbocycles. The summed E-state index contributed by atoms with van der Waals surface area (Å²) in [7, 11) is 3.87. The van der Waals surface area contributed by atoms with E-state index in [-0.39, 0.29) is 35.8 Å². The zero-order valence-electron chi connectivity index (χ0n) is 22.4. The number of carbonyl (C=O) groups is 3. The second kappa shape index (κ2) is 10.2. The van der Waals surface area contributed by atoms with Crippen molar-refractivity contribution in [3.05, 3.63) is 81.6 Å². The lowest BCUT2D eigenvalue weighted by molar-refractivity contribution is -0.127. The highest BCUT2D eigenvalue weighted by Gasteiger charge is 2.41. The van der Waals surface area contributed by atoms with Crippen LogP contribution in [0.25, 0.3) is 0 Å². The maximum Gasteiger partial charge on any atom is 0.273 e. The average molecular weight is 548 g/mol. The van der Waals surface area contributed by atoms with Crippen molar-refractivity contribution in [2.45, 2.75) is 56.7 Å². The molecule has 1 atom stereocenters. The lowest BCUT2D eigenvalue weighted by atomic mass is 9.89. The van der Waals surface area contributed by atoms with Gasteiger partial charge in [-0.05, 0) is 73.9 Å². The molecule has 2 aromatic rings. The zero-order chi connectivity index (χ0) is 27.3. The quantitative estimate of drug-likeness (QED) is 0.613. The van der Waals surface area contributed by atoms with Crippen LogP contribution >= 0.6 is 11.6 Å². The van der Waals surface area contributed by atoms with Gasteiger partial charge in [0, 0.05) is 37.9 Å². The third-order valence-electron chi connectivity index (χ3n) is 8.75. The zero-order valence-corrected chi connectivity index (χ0v) is 23.2. The predicted molar refractivity (Wildman–Crippen MR) is 149 cm³/mol. The van der Waals surface area contributed by atoms with Gasteiger partial charge in [-0.15, -0.1) is 0 Å². The van der Waals surface area contributed by atoms with Crippen molar-refractivity contribution in [3.8, 4) is 0 Å². The highest BCUT2D eigenvalue weighted by molar-refractivity contribution is 6.33. The molecule has 2 fully saturated rings. The Hall–Kier alpha value is -3.52. The first-order valence-corrected chi connectivity index (χ1v) is 14.1. The number of halogens is 1. The van der Waals surface area contributed by atoms with Crippen LogP contribution in [0.5, 0.6) is 0 Å². The Labute approximate surface area is 234 Å². The summed E-state index contributed by atoms with van der Waals surface area (Å²) in [6.07, 6.45) is 7.12. The van der Waals surface area contributed by atoms with Gasteiger partial charge < -0.3 is 24.9 Å². The van der Waals surface area contributed by atoms with Crippen molar-refractivity contribution in [3.63, 3.8) is 0 Å². The first-order valence-electron chi connectivity index (χ1n) is 13.7. The molecule has 3 amide bonds. The highest BCUT2D eigenvalue weighted by atomic mass is 35.5. The van der Waals surface area contributed by atoms with Gasteiger partial charge in [-0.2, -0.15) is 0 Å². The van der Waals surface area contributed by atoms with E-state index in [1.807, 2.05) is 53.2 Å². The molecule has 2 aromatic carbocycles. The molecule has 2 aliphatic heterocycles. The molecule has 1 unspecified atom stereocenters. The molecular formula is C30H34ClN5O3. The van der Waals surface area contributed by atoms with E-state index in [0.717, 1.165) is 62.0 Å². The van der Waals surface area contributed by atoms with Gasteiger partial charge in [0.25, 0.3) is 17.7 Å². The second-order valence-corrected chi connectivity index (χ2v) is 11.6. The van der Waals surface area contributed by atoms with Crippen LogP contribution in [0, 0.1) is 0 Å². The summed E-state index contributed by atoms with van der Waals surface area (Å²) in [6, 6.07) is 13.1. The van der Waals surface area contributed by atoms with E-state index in [2.05, 4.69) is 10.2 Å². The van der Waals surface area contributed by atoms with Crippen LogP contribution < -0.4 is 5.32 Å². The number of nitrogens with one attached hydrogen (secondary N) is 1. The van der Waals surface area contributed by atoms with Crippen LogP contribution in [0.15, 0.2) is 54.4 Å². The summed E-state index contributed by atoms with van der Waals surface area (Å²) < 4.78 is 0. The Kier molecular flexibility index (Phi) is 6.75. The number of hydrogen-bond acceptors (Lipinski definition) is 5. The van der Waals surface area contributed by atoms with Crippen LogP contribution in [0.2, 0.25) is 5.02 Å². The fourth-order valence-electron chi connectivity index (χ4n) is 6.56. The van der Waals surface area contributed by atoms with Gasteiger partial charge in [-0.3, -0.25) is 14.4 Å².